The molecule has 3 aliphatic rings. The first kappa shape index (κ1) is 27.6. The number of carbonyl (C=O) groups is 1. The van der Waals surface area contributed by atoms with Crippen LogP contribution in [0.3, 0.4) is 0 Å². The molecule has 0 bridgehead atoms. The van der Waals surface area contributed by atoms with Crippen molar-refractivity contribution < 1.29 is 9.53 Å². The maximum Gasteiger partial charge on any atom is 0.248 e. The van der Waals surface area contributed by atoms with Gasteiger partial charge < -0.3 is 25.2 Å². The number of hydrogen-bond donors (Lipinski definition) is 1. The summed E-state index contributed by atoms with van der Waals surface area (Å²) in [6, 6.07) is 10.8. The Balaban J connectivity index is 0.00000171. The van der Waals surface area contributed by atoms with Crippen molar-refractivity contribution in [3.63, 3.8) is 0 Å². The van der Waals surface area contributed by atoms with E-state index in [4.69, 9.17) is 10.5 Å². The quantitative estimate of drug-likeness (QED) is 0.664. The first-order valence-electron chi connectivity index (χ1n) is 12.3. The normalized spacial score (nSPS) is 20.5. The second kappa shape index (κ2) is 11.8. The number of piperazine rings is 1. The van der Waals surface area contributed by atoms with Crippen molar-refractivity contribution in [3.8, 4) is 0 Å². The van der Waals surface area contributed by atoms with Crippen LogP contribution in [0, 0.1) is 6.92 Å². The lowest BCUT2D eigenvalue weighted by atomic mass is 9.76. The van der Waals surface area contributed by atoms with Gasteiger partial charge >= 0.3 is 0 Å². The molecule has 1 amide bonds. The zero-order valence-electron chi connectivity index (χ0n) is 20.8. The topological polar surface area (TPSA) is 62.0 Å². The number of halogens is 2. The Bertz CT molecular complexity index is 1030. The van der Waals surface area contributed by atoms with E-state index in [1.165, 1.54) is 28.1 Å². The SMILES string of the molecule is Cc1ccc(N2CCN(C)CC2)c2c1CCC(c1cc(N3CCOCC3)ccc1C(N)=O)C2.Cl.Cl. The predicted octanol–water partition coefficient (Wildman–Crippen LogP) is 3.80. The molecule has 6 nitrogen and oxygen atoms in total. The summed E-state index contributed by atoms with van der Waals surface area (Å²) in [7, 11) is 2.20. The third-order valence-electron chi connectivity index (χ3n) is 7.79. The van der Waals surface area contributed by atoms with Gasteiger partial charge in [-0.05, 0) is 85.7 Å². The summed E-state index contributed by atoms with van der Waals surface area (Å²) in [6.07, 6.45) is 3.06. The van der Waals surface area contributed by atoms with Crippen LogP contribution in [0.5, 0.6) is 0 Å². The van der Waals surface area contributed by atoms with Crippen molar-refractivity contribution in [3.05, 3.63) is 58.1 Å². The van der Waals surface area contributed by atoms with Gasteiger partial charge in [0.15, 0.2) is 0 Å². The molecule has 1 unspecified atom stereocenters. The molecular weight excluding hydrogens is 483 g/mol. The first-order valence-corrected chi connectivity index (χ1v) is 12.3. The molecule has 1 atom stereocenters. The highest BCUT2D eigenvalue weighted by molar-refractivity contribution is 5.95. The number of fused-ring (bicyclic) bond motifs is 1. The molecule has 8 heteroatoms. The number of rotatable bonds is 4. The Labute approximate surface area is 221 Å². The number of benzene rings is 2. The minimum absolute atomic E-state index is 0. The fraction of sp³-hybridized carbons (Fsp3) is 0.519. The molecule has 1 aliphatic carbocycles. The summed E-state index contributed by atoms with van der Waals surface area (Å²) in [4.78, 5) is 19.7. The molecule has 2 aromatic rings. The smallest absolute Gasteiger partial charge is 0.248 e. The van der Waals surface area contributed by atoms with E-state index in [-0.39, 0.29) is 30.7 Å². The van der Waals surface area contributed by atoms with Gasteiger partial charge in [0.2, 0.25) is 5.91 Å². The van der Waals surface area contributed by atoms with Crippen LogP contribution in [0.25, 0.3) is 0 Å². The largest absolute Gasteiger partial charge is 0.378 e. The molecular formula is C27H38Cl2N4O2. The molecule has 2 aliphatic heterocycles. The Morgan fingerprint density at radius 1 is 0.943 bits per heavy atom. The van der Waals surface area contributed by atoms with Crippen LogP contribution in [0.2, 0.25) is 0 Å². The fourth-order valence-electron chi connectivity index (χ4n) is 5.78. The maximum absolute atomic E-state index is 12.4. The summed E-state index contributed by atoms with van der Waals surface area (Å²) in [5.74, 6) is -0.0261. The molecule has 2 aromatic carbocycles. The summed E-state index contributed by atoms with van der Waals surface area (Å²) in [5, 5.41) is 0. The molecule has 0 saturated carbocycles. The van der Waals surface area contributed by atoms with Gasteiger partial charge in [0.25, 0.3) is 0 Å². The van der Waals surface area contributed by atoms with Gasteiger partial charge in [-0.1, -0.05) is 6.07 Å². The van der Waals surface area contributed by atoms with Gasteiger partial charge in [0.05, 0.1) is 13.2 Å². The van der Waals surface area contributed by atoms with E-state index in [1.807, 2.05) is 12.1 Å². The number of ether oxygens (including phenoxy) is 1. The number of anilines is 2. The molecule has 5 rings (SSSR count). The Hall–Kier alpha value is -1.99. The van der Waals surface area contributed by atoms with Crippen LogP contribution >= 0.6 is 24.8 Å². The van der Waals surface area contributed by atoms with Crippen molar-refractivity contribution in [1.29, 1.82) is 0 Å². The summed E-state index contributed by atoms with van der Waals surface area (Å²) < 4.78 is 5.53. The van der Waals surface area contributed by atoms with Crippen molar-refractivity contribution in [2.45, 2.75) is 32.1 Å². The van der Waals surface area contributed by atoms with E-state index >= 15 is 0 Å². The van der Waals surface area contributed by atoms with Gasteiger partial charge in [0, 0.05) is 56.2 Å². The molecule has 192 valence electrons. The molecule has 0 aromatic heterocycles. The first-order chi connectivity index (χ1) is 16.0. The molecule has 2 N–H and O–H groups in total. The van der Waals surface area contributed by atoms with E-state index in [0.717, 1.165) is 77.3 Å². The molecule has 2 fully saturated rings. The molecule has 0 spiro atoms. The zero-order chi connectivity index (χ0) is 22.9. The monoisotopic (exact) mass is 520 g/mol. The zero-order valence-corrected chi connectivity index (χ0v) is 22.4. The number of nitrogens with two attached hydrogens (primary N) is 1. The van der Waals surface area contributed by atoms with Crippen molar-refractivity contribution in [2.75, 3.05) is 69.3 Å². The van der Waals surface area contributed by atoms with Crippen LogP contribution in [-0.4, -0.2) is 70.3 Å². The minimum Gasteiger partial charge on any atom is -0.378 e. The summed E-state index contributed by atoms with van der Waals surface area (Å²) in [6.45, 7) is 9.82. The fourth-order valence-corrected chi connectivity index (χ4v) is 5.78. The van der Waals surface area contributed by atoms with E-state index in [0.29, 0.717) is 11.5 Å². The van der Waals surface area contributed by atoms with Gasteiger partial charge in [0.1, 0.15) is 0 Å². The maximum atomic E-state index is 12.4. The highest BCUT2D eigenvalue weighted by Gasteiger charge is 2.29. The summed E-state index contributed by atoms with van der Waals surface area (Å²) >= 11 is 0. The molecule has 2 saturated heterocycles. The predicted molar refractivity (Wildman–Crippen MR) is 148 cm³/mol. The highest BCUT2D eigenvalue weighted by atomic mass is 35.5. The highest BCUT2D eigenvalue weighted by Crippen LogP contribution is 2.41. The second-order valence-electron chi connectivity index (χ2n) is 9.82. The Morgan fingerprint density at radius 3 is 2.34 bits per heavy atom. The third-order valence-corrected chi connectivity index (χ3v) is 7.79. The number of primary amides is 1. The van der Waals surface area contributed by atoms with Gasteiger partial charge in [-0.25, -0.2) is 0 Å². The second-order valence-corrected chi connectivity index (χ2v) is 9.82. The van der Waals surface area contributed by atoms with Gasteiger partial charge in [-0.2, -0.15) is 0 Å². The van der Waals surface area contributed by atoms with E-state index in [2.05, 4.69) is 46.9 Å². The number of amides is 1. The van der Waals surface area contributed by atoms with Crippen LogP contribution in [-0.2, 0) is 17.6 Å². The number of aryl methyl sites for hydroxylation is 1. The number of carbonyl (C=O) groups excluding carboxylic acids is 1. The molecule has 35 heavy (non-hydrogen) atoms. The van der Waals surface area contributed by atoms with Crippen molar-refractivity contribution in [2.24, 2.45) is 5.73 Å². The van der Waals surface area contributed by atoms with E-state index < -0.39 is 0 Å². The van der Waals surface area contributed by atoms with Crippen LogP contribution in [0.4, 0.5) is 11.4 Å². The van der Waals surface area contributed by atoms with Crippen LogP contribution in [0.15, 0.2) is 30.3 Å². The average molecular weight is 522 g/mol. The van der Waals surface area contributed by atoms with Gasteiger partial charge in [-0.3, -0.25) is 4.79 Å². The lowest BCUT2D eigenvalue weighted by molar-refractivity contribution is 0.0998. The Morgan fingerprint density at radius 2 is 1.66 bits per heavy atom. The number of morpholine rings is 1. The average Bonchev–Trinajstić information content (AvgIpc) is 2.85. The lowest BCUT2D eigenvalue weighted by Crippen LogP contribution is -2.45. The van der Waals surface area contributed by atoms with Crippen molar-refractivity contribution in [1.82, 2.24) is 4.90 Å². The van der Waals surface area contributed by atoms with Crippen molar-refractivity contribution >= 4 is 42.1 Å². The molecule has 2 heterocycles. The number of likely N-dealkylation sites (N-methyl/N-ethyl adjacent to an activating group) is 1. The summed E-state index contributed by atoms with van der Waals surface area (Å²) in [5.41, 5.74) is 14.6. The van der Waals surface area contributed by atoms with E-state index in [1.54, 1.807) is 0 Å². The van der Waals surface area contributed by atoms with Crippen LogP contribution < -0.4 is 15.5 Å². The Kier molecular flexibility index (Phi) is 9.33. The van der Waals surface area contributed by atoms with Gasteiger partial charge in [-0.15, -0.1) is 24.8 Å². The van der Waals surface area contributed by atoms with E-state index in [9.17, 15) is 4.79 Å². The minimum atomic E-state index is -0.326. The number of hydrogen-bond acceptors (Lipinski definition) is 5. The number of nitrogens with zero attached hydrogens (tertiary/aromatic N) is 3. The standard InChI is InChI=1S/C27H36N4O2.2ClH/c1-19-3-8-26(31-11-9-29(2)10-12-31)25-17-20(4-6-22(19)25)24-18-21(5-7-23(24)27(28)32)30-13-15-33-16-14-30;;/h3,5,7-8,18,20H,4,6,9-17H2,1-2H3,(H2,28,32);2*1H. The lowest BCUT2D eigenvalue weighted by Gasteiger charge is -2.38. The van der Waals surface area contributed by atoms with Crippen LogP contribution in [0.1, 0.15) is 45.0 Å². The third kappa shape index (κ3) is 5.72. The molecule has 0 radical (unpaired) electrons.